The van der Waals surface area contributed by atoms with Crippen LogP contribution in [0.5, 0.6) is 17.2 Å². The number of methoxy groups -OCH3 is 1. The van der Waals surface area contributed by atoms with Gasteiger partial charge in [0, 0.05) is 23.4 Å². The van der Waals surface area contributed by atoms with Crippen molar-refractivity contribution in [3.05, 3.63) is 54.2 Å². The first kappa shape index (κ1) is 17.6. The molecule has 1 amide bonds. The molecule has 0 bridgehead atoms. The molecule has 0 unspecified atom stereocenters. The fourth-order valence-corrected chi connectivity index (χ4v) is 3.51. The van der Waals surface area contributed by atoms with E-state index in [1.165, 1.54) is 0 Å². The van der Waals surface area contributed by atoms with Crippen molar-refractivity contribution in [2.45, 2.75) is 18.3 Å². The number of rotatable bonds is 5. The molecule has 2 heterocycles. The second-order valence-electron chi connectivity index (χ2n) is 7.20. The van der Waals surface area contributed by atoms with Gasteiger partial charge in [-0.15, -0.1) is 0 Å². The Morgan fingerprint density at radius 2 is 1.90 bits per heavy atom. The van der Waals surface area contributed by atoms with Crippen LogP contribution in [0.2, 0.25) is 0 Å². The molecule has 1 aliphatic carbocycles. The van der Waals surface area contributed by atoms with Gasteiger partial charge in [-0.3, -0.25) is 4.79 Å². The van der Waals surface area contributed by atoms with Crippen LogP contribution in [0.1, 0.15) is 18.5 Å². The molecule has 1 aromatic heterocycles. The Labute approximate surface area is 167 Å². The molecule has 0 radical (unpaired) electrons. The van der Waals surface area contributed by atoms with Crippen LogP contribution < -0.4 is 19.5 Å². The highest BCUT2D eigenvalue weighted by Gasteiger charge is 2.54. The highest BCUT2D eigenvalue weighted by molar-refractivity contribution is 6.01. The Balaban J connectivity index is 1.36. The molecule has 1 N–H and O–H groups in total. The van der Waals surface area contributed by atoms with Gasteiger partial charge < -0.3 is 24.1 Å². The number of aromatic nitrogens is 1. The van der Waals surface area contributed by atoms with Crippen LogP contribution in [0.15, 0.2) is 53.1 Å². The van der Waals surface area contributed by atoms with Gasteiger partial charge in [0.1, 0.15) is 19.0 Å². The standard InChI is InChI=1S/C22H20N2O5/c1-26-16-4-2-3-14(11-16)18-13-20(24-29-18)22(7-8-22)21(25)23-15-5-6-17-19(12-15)28-10-9-27-17/h2-6,11-13H,7-10H2,1H3,(H,23,25). The van der Waals surface area contributed by atoms with Gasteiger partial charge in [-0.1, -0.05) is 17.3 Å². The lowest BCUT2D eigenvalue weighted by Crippen LogP contribution is -2.28. The van der Waals surface area contributed by atoms with E-state index in [1.54, 1.807) is 19.2 Å². The van der Waals surface area contributed by atoms with E-state index in [4.69, 9.17) is 18.7 Å². The Bertz CT molecular complexity index is 1070. The highest BCUT2D eigenvalue weighted by atomic mass is 16.6. The highest BCUT2D eigenvalue weighted by Crippen LogP contribution is 2.49. The number of amides is 1. The number of nitrogens with one attached hydrogen (secondary N) is 1. The molecule has 1 aliphatic heterocycles. The van der Waals surface area contributed by atoms with Gasteiger partial charge in [0.2, 0.25) is 5.91 Å². The average molecular weight is 392 g/mol. The Morgan fingerprint density at radius 3 is 2.69 bits per heavy atom. The van der Waals surface area contributed by atoms with Crippen molar-refractivity contribution in [3.8, 4) is 28.6 Å². The number of nitrogens with zero attached hydrogens (tertiary/aromatic N) is 1. The van der Waals surface area contributed by atoms with Crippen LogP contribution in [0.25, 0.3) is 11.3 Å². The Morgan fingerprint density at radius 1 is 1.07 bits per heavy atom. The van der Waals surface area contributed by atoms with Crippen molar-refractivity contribution in [1.82, 2.24) is 5.16 Å². The van der Waals surface area contributed by atoms with Crippen molar-refractivity contribution >= 4 is 11.6 Å². The van der Waals surface area contributed by atoms with Crippen LogP contribution in [0.4, 0.5) is 5.69 Å². The molecule has 7 heteroatoms. The summed E-state index contributed by atoms with van der Waals surface area (Å²) in [6, 6.07) is 14.8. The smallest absolute Gasteiger partial charge is 0.236 e. The van der Waals surface area contributed by atoms with Gasteiger partial charge in [-0.25, -0.2) is 0 Å². The van der Waals surface area contributed by atoms with E-state index in [2.05, 4.69) is 10.5 Å². The molecule has 148 valence electrons. The monoisotopic (exact) mass is 392 g/mol. The predicted molar refractivity (Wildman–Crippen MR) is 105 cm³/mol. The molecule has 7 nitrogen and oxygen atoms in total. The maximum Gasteiger partial charge on any atom is 0.236 e. The van der Waals surface area contributed by atoms with Crippen LogP contribution in [0, 0.1) is 0 Å². The van der Waals surface area contributed by atoms with E-state index in [9.17, 15) is 4.79 Å². The molecule has 5 rings (SSSR count). The lowest BCUT2D eigenvalue weighted by molar-refractivity contribution is -0.118. The molecule has 1 saturated carbocycles. The summed E-state index contributed by atoms with van der Waals surface area (Å²) in [5.41, 5.74) is 1.51. The van der Waals surface area contributed by atoms with Crippen molar-refractivity contribution in [2.75, 3.05) is 25.6 Å². The van der Waals surface area contributed by atoms with Crippen LogP contribution >= 0.6 is 0 Å². The minimum atomic E-state index is -0.659. The Hall–Kier alpha value is -3.48. The van der Waals surface area contributed by atoms with E-state index < -0.39 is 5.41 Å². The van der Waals surface area contributed by atoms with Crippen molar-refractivity contribution < 1.29 is 23.5 Å². The molecular formula is C22H20N2O5. The second kappa shape index (κ2) is 6.84. The van der Waals surface area contributed by atoms with Gasteiger partial charge in [0.25, 0.3) is 0 Å². The zero-order valence-electron chi connectivity index (χ0n) is 15.9. The van der Waals surface area contributed by atoms with Crippen molar-refractivity contribution in [2.24, 2.45) is 0 Å². The molecule has 1 fully saturated rings. The van der Waals surface area contributed by atoms with Crippen LogP contribution in [0.3, 0.4) is 0 Å². The third-order valence-electron chi connectivity index (χ3n) is 5.34. The van der Waals surface area contributed by atoms with Crippen molar-refractivity contribution in [3.63, 3.8) is 0 Å². The first-order valence-corrected chi connectivity index (χ1v) is 9.51. The molecule has 0 saturated heterocycles. The first-order chi connectivity index (χ1) is 14.2. The zero-order chi connectivity index (χ0) is 19.8. The molecule has 3 aromatic rings. The number of carbonyl (C=O) groups is 1. The van der Waals surface area contributed by atoms with E-state index in [-0.39, 0.29) is 5.91 Å². The topological polar surface area (TPSA) is 82.8 Å². The SMILES string of the molecule is COc1cccc(-c2cc(C3(C(=O)Nc4ccc5c(c4)OCCO5)CC3)no2)c1. The van der Waals surface area contributed by atoms with E-state index in [0.29, 0.717) is 41.9 Å². The summed E-state index contributed by atoms with van der Waals surface area (Å²) >= 11 is 0. The number of ether oxygens (including phenoxy) is 3. The lowest BCUT2D eigenvalue weighted by Gasteiger charge is -2.19. The summed E-state index contributed by atoms with van der Waals surface area (Å²) in [5.74, 6) is 2.57. The second-order valence-corrected chi connectivity index (χ2v) is 7.20. The number of hydrogen-bond donors (Lipinski definition) is 1. The van der Waals surface area contributed by atoms with E-state index in [1.807, 2.05) is 36.4 Å². The largest absolute Gasteiger partial charge is 0.497 e. The van der Waals surface area contributed by atoms with Gasteiger partial charge in [0.15, 0.2) is 17.3 Å². The number of benzene rings is 2. The fourth-order valence-electron chi connectivity index (χ4n) is 3.51. The maximum absolute atomic E-state index is 13.0. The average Bonchev–Trinajstić information content (AvgIpc) is 3.43. The number of hydrogen-bond acceptors (Lipinski definition) is 6. The van der Waals surface area contributed by atoms with Gasteiger partial charge in [0.05, 0.1) is 18.2 Å². The summed E-state index contributed by atoms with van der Waals surface area (Å²) in [7, 11) is 1.62. The van der Waals surface area contributed by atoms with Crippen molar-refractivity contribution in [1.29, 1.82) is 0 Å². The minimum absolute atomic E-state index is 0.0975. The van der Waals surface area contributed by atoms with Gasteiger partial charge >= 0.3 is 0 Å². The molecule has 29 heavy (non-hydrogen) atoms. The summed E-state index contributed by atoms with van der Waals surface area (Å²) in [5, 5.41) is 7.18. The van der Waals surface area contributed by atoms with E-state index >= 15 is 0 Å². The minimum Gasteiger partial charge on any atom is -0.497 e. The third kappa shape index (κ3) is 3.18. The van der Waals surface area contributed by atoms with Crippen LogP contribution in [-0.4, -0.2) is 31.4 Å². The molecule has 0 atom stereocenters. The van der Waals surface area contributed by atoms with E-state index in [0.717, 1.165) is 24.2 Å². The number of carbonyl (C=O) groups excluding carboxylic acids is 1. The van der Waals surface area contributed by atoms with Gasteiger partial charge in [-0.2, -0.15) is 0 Å². The third-order valence-corrected chi connectivity index (χ3v) is 5.34. The number of fused-ring (bicyclic) bond motifs is 1. The molecule has 2 aromatic carbocycles. The maximum atomic E-state index is 13.0. The summed E-state index contributed by atoms with van der Waals surface area (Å²) in [6.45, 7) is 1.03. The van der Waals surface area contributed by atoms with Crippen LogP contribution in [-0.2, 0) is 10.2 Å². The predicted octanol–water partition coefficient (Wildman–Crippen LogP) is 3.79. The summed E-state index contributed by atoms with van der Waals surface area (Å²) in [4.78, 5) is 13.0. The number of anilines is 1. The summed E-state index contributed by atoms with van der Waals surface area (Å²) in [6.07, 6.45) is 1.46. The Kier molecular flexibility index (Phi) is 4.16. The van der Waals surface area contributed by atoms with Gasteiger partial charge in [-0.05, 0) is 37.1 Å². The normalized spacial score (nSPS) is 16.2. The lowest BCUT2D eigenvalue weighted by atomic mass is 10.00. The quantitative estimate of drug-likeness (QED) is 0.711. The fraction of sp³-hybridized carbons (Fsp3) is 0.273. The zero-order valence-corrected chi connectivity index (χ0v) is 15.9. The molecule has 2 aliphatic rings. The first-order valence-electron chi connectivity index (χ1n) is 9.51. The molecule has 0 spiro atoms. The summed E-state index contributed by atoms with van der Waals surface area (Å²) < 4.78 is 21.9. The molecular weight excluding hydrogens is 372 g/mol.